The number of hydrogen-bond donors (Lipinski definition) is 1. The Morgan fingerprint density at radius 1 is 1.03 bits per heavy atom. The van der Waals surface area contributed by atoms with Gasteiger partial charge >= 0.3 is 0 Å². The Labute approximate surface area is 193 Å². The third-order valence-corrected chi connectivity index (χ3v) is 5.85. The zero-order valence-corrected chi connectivity index (χ0v) is 19.6. The van der Waals surface area contributed by atoms with E-state index in [-0.39, 0.29) is 30.7 Å². The van der Waals surface area contributed by atoms with Gasteiger partial charge in [-0.3, -0.25) is 9.69 Å². The molecule has 2 atom stereocenters. The van der Waals surface area contributed by atoms with E-state index >= 15 is 0 Å². The second kappa shape index (κ2) is 13.0. The van der Waals surface area contributed by atoms with Gasteiger partial charge in [-0.2, -0.15) is 0 Å². The molecule has 30 heavy (non-hydrogen) atoms. The summed E-state index contributed by atoms with van der Waals surface area (Å²) >= 11 is 0. The smallest absolute Gasteiger partial charge is 0.253 e. The zero-order chi connectivity index (χ0) is 19.9. The number of nitrogens with zero attached hydrogens (tertiary/aromatic N) is 2. The van der Waals surface area contributed by atoms with Gasteiger partial charge in [-0.1, -0.05) is 56.3 Å². The summed E-state index contributed by atoms with van der Waals surface area (Å²) < 4.78 is 0. The summed E-state index contributed by atoms with van der Waals surface area (Å²) in [6, 6.07) is 18.6. The Hall–Kier alpha value is -1.59. The van der Waals surface area contributed by atoms with Crippen LogP contribution in [-0.2, 0) is 6.54 Å². The van der Waals surface area contributed by atoms with Gasteiger partial charge in [-0.15, -0.1) is 24.8 Å². The maximum atomic E-state index is 13.1. The molecule has 1 amide bonds. The third kappa shape index (κ3) is 6.45. The molecule has 1 aliphatic rings. The maximum absolute atomic E-state index is 13.1. The molecule has 4 nitrogen and oxygen atoms in total. The van der Waals surface area contributed by atoms with Crippen LogP contribution in [0.25, 0.3) is 0 Å². The SMILES string of the molecule is CCCN(CC)Cc1ccc(C(=O)N2C[C@@H](CN)[C@H](c3ccccc3)C2)cc1.Cl.Cl. The topological polar surface area (TPSA) is 49.6 Å². The van der Waals surface area contributed by atoms with Crippen LogP contribution in [0.5, 0.6) is 0 Å². The van der Waals surface area contributed by atoms with Gasteiger partial charge in [0, 0.05) is 31.1 Å². The third-order valence-electron chi connectivity index (χ3n) is 5.85. The minimum absolute atomic E-state index is 0. The van der Waals surface area contributed by atoms with Gasteiger partial charge in [-0.05, 0) is 55.2 Å². The highest BCUT2D eigenvalue weighted by Gasteiger charge is 2.35. The molecule has 0 radical (unpaired) electrons. The van der Waals surface area contributed by atoms with E-state index in [1.165, 1.54) is 11.1 Å². The number of likely N-dealkylation sites (tertiary alicyclic amines) is 1. The minimum Gasteiger partial charge on any atom is -0.338 e. The molecular weight excluding hydrogens is 417 g/mol. The molecule has 0 bridgehead atoms. The second-order valence-electron chi connectivity index (χ2n) is 7.79. The normalized spacial score (nSPS) is 18.1. The van der Waals surface area contributed by atoms with Gasteiger partial charge in [0.25, 0.3) is 5.91 Å². The van der Waals surface area contributed by atoms with Crippen LogP contribution in [0, 0.1) is 5.92 Å². The van der Waals surface area contributed by atoms with Crippen molar-refractivity contribution in [2.24, 2.45) is 11.7 Å². The molecule has 0 aromatic heterocycles. The zero-order valence-electron chi connectivity index (χ0n) is 18.0. The van der Waals surface area contributed by atoms with E-state index < -0.39 is 0 Å². The van der Waals surface area contributed by atoms with Crippen LogP contribution in [0.2, 0.25) is 0 Å². The Morgan fingerprint density at radius 2 is 1.70 bits per heavy atom. The van der Waals surface area contributed by atoms with Crippen LogP contribution in [0.4, 0.5) is 0 Å². The Morgan fingerprint density at radius 3 is 2.27 bits per heavy atom. The molecule has 1 saturated heterocycles. The molecule has 1 fully saturated rings. The number of hydrogen-bond acceptors (Lipinski definition) is 3. The summed E-state index contributed by atoms with van der Waals surface area (Å²) in [6.07, 6.45) is 1.16. The van der Waals surface area contributed by atoms with Crippen LogP contribution < -0.4 is 5.73 Å². The summed E-state index contributed by atoms with van der Waals surface area (Å²) in [5, 5.41) is 0. The molecular formula is C24H35Cl2N3O. The largest absolute Gasteiger partial charge is 0.338 e. The van der Waals surface area contributed by atoms with Crippen molar-refractivity contribution in [1.29, 1.82) is 0 Å². The average Bonchev–Trinajstić information content (AvgIpc) is 3.18. The molecule has 3 rings (SSSR count). The summed E-state index contributed by atoms with van der Waals surface area (Å²) in [5.41, 5.74) is 9.33. The first-order valence-electron chi connectivity index (χ1n) is 10.5. The highest BCUT2D eigenvalue weighted by atomic mass is 35.5. The van der Waals surface area contributed by atoms with Crippen LogP contribution in [-0.4, -0.2) is 48.4 Å². The number of carbonyl (C=O) groups excluding carboxylic acids is 1. The van der Waals surface area contributed by atoms with E-state index in [1.54, 1.807) is 0 Å². The van der Waals surface area contributed by atoms with Crippen molar-refractivity contribution >= 4 is 30.7 Å². The highest BCUT2D eigenvalue weighted by molar-refractivity contribution is 5.94. The minimum atomic E-state index is 0. The molecule has 0 saturated carbocycles. The standard InChI is InChI=1S/C24H33N3O.2ClH/c1-3-14-26(4-2)16-19-10-12-21(13-11-19)24(28)27-17-22(15-25)23(18-27)20-8-6-5-7-9-20;;/h5-13,22-23H,3-4,14-18,25H2,1-2H3;2*1H/t22-,23+;;/m1../s1. The Balaban J connectivity index is 0.00000225. The monoisotopic (exact) mass is 451 g/mol. The number of carbonyl (C=O) groups is 1. The van der Waals surface area contributed by atoms with Gasteiger partial charge in [0.2, 0.25) is 0 Å². The van der Waals surface area contributed by atoms with Crippen molar-refractivity contribution in [2.75, 3.05) is 32.7 Å². The van der Waals surface area contributed by atoms with Crippen molar-refractivity contribution in [3.63, 3.8) is 0 Å². The van der Waals surface area contributed by atoms with Gasteiger partial charge in [0.1, 0.15) is 0 Å². The first kappa shape index (κ1) is 26.4. The molecule has 1 aliphatic heterocycles. The highest BCUT2D eigenvalue weighted by Crippen LogP contribution is 2.32. The molecule has 1 heterocycles. The average molecular weight is 452 g/mol. The van der Waals surface area contributed by atoms with Crippen LogP contribution in [0.1, 0.15) is 47.7 Å². The lowest BCUT2D eigenvalue weighted by molar-refractivity contribution is 0.0786. The maximum Gasteiger partial charge on any atom is 0.253 e. The Kier molecular flexibility index (Phi) is 11.4. The fraction of sp³-hybridized carbons (Fsp3) is 0.458. The van der Waals surface area contributed by atoms with Crippen molar-refractivity contribution in [3.8, 4) is 0 Å². The molecule has 2 aromatic rings. The summed E-state index contributed by atoms with van der Waals surface area (Å²) in [5.74, 6) is 0.753. The predicted octanol–water partition coefficient (Wildman–Crippen LogP) is 4.58. The van der Waals surface area contributed by atoms with Gasteiger partial charge in [0.05, 0.1) is 0 Å². The van der Waals surface area contributed by atoms with E-state index in [2.05, 4.69) is 55.1 Å². The summed E-state index contributed by atoms with van der Waals surface area (Å²) in [6.45, 7) is 9.56. The fourth-order valence-corrected chi connectivity index (χ4v) is 4.21. The number of halogens is 2. The first-order chi connectivity index (χ1) is 13.7. The van der Waals surface area contributed by atoms with Crippen LogP contribution in [0.15, 0.2) is 54.6 Å². The molecule has 2 N–H and O–H groups in total. The second-order valence-corrected chi connectivity index (χ2v) is 7.79. The Bertz CT molecular complexity index is 755. The molecule has 0 spiro atoms. The van der Waals surface area contributed by atoms with Crippen LogP contribution >= 0.6 is 24.8 Å². The number of benzene rings is 2. The van der Waals surface area contributed by atoms with Crippen molar-refractivity contribution in [1.82, 2.24) is 9.80 Å². The van der Waals surface area contributed by atoms with E-state index in [0.717, 1.165) is 44.7 Å². The van der Waals surface area contributed by atoms with Crippen LogP contribution in [0.3, 0.4) is 0 Å². The van der Waals surface area contributed by atoms with E-state index in [1.807, 2.05) is 23.1 Å². The molecule has 166 valence electrons. The van der Waals surface area contributed by atoms with E-state index in [9.17, 15) is 4.79 Å². The number of nitrogens with two attached hydrogens (primary N) is 1. The molecule has 2 aromatic carbocycles. The number of amides is 1. The van der Waals surface area contributed by atoms with Crippen molar-refractivity contribution in [2.45, 2.75) is 32.7 Å². The van der Waals surface area contributed by atoms with Gasteiger partial charge < -0.3 is 10.6 Å². The van der Waals surface area contributed by atoms with Crippen molar-refractivity contribution < 1.29 is 4.79 Å². The lowest BCUT2D eigenvalue weighted by Crippen LogP contribution is -2.30. The molecule has 0 aliphatic carbocycles. The lowest BCUT2D eigenvalue weighted by Gasteiger charge is -2.20. The van der Waals surface area contributed by atoms with E-state index in [0.29, 0.717) is 18.4 Å². The molecule has 6 heteroatoms. The fourth-order valence-electron chi connectivity index (χ4n) is 4.21. The quantitative estimate of drug-likeness (QED) is 0.638. The summed E-state index contributed by atoms with van der Waals surface area (Å²) in [4.78, 5) is 17.4. The van der Waals surface area contributed by atoms with Crippen molar-refractivity contribution in [3.05, 3.63) is 71.3 Å². The molecule has 0 unspecified atom stereocenters. The van der Waals surface area contributed by atoms with E-state index in [4.69, 9.17) is 5.73 Å². The van der Waals surface area contributed by atoms with Gasteiger partial charge in [0.15, 0.2) is 0 Å². The lowest BCUT2D eigenvalue weighted by atomic mass is 9.89. The van der Waals surface area contributed by atoms with Gasteiger partial charge in [-0.25, -0.2) is 0 Å². The first-order valence-corrected chi connectivity index (χ1v) is 10.5. The summed E-state index contributed by atoms with van der Waals surface area (Å²) in [7, 11) is 0. The number of rotatable bonds is 8. The predicted molar refractivity (Wildman–Crippen MR) is 130 cm³/mol.